The standard InChI is InChI=1S/C14H19F2N3O.ClH/c15-12-3-2-11(10-13(12)16)14(20)18-4-1-7-19-8-5-17-6-9-19;/h2-3,10,17H,1,4-9H2,(H,18,20);1H. The molecule has 0 unspecified atom stereocenters. The van der Waals surface area contributed by atoms with Crippen LogP contribution in [0.4, 0.5) is 8.78 Å². The fraction of sp³-hybridized carbons (Fsp3) is 0.500. The highest BCUT2D eigenvalue weighted by Crippen LogP contribution is 2.08. The molecule has 1 heterocycles. The van der Waals surface area contributed by atoms with Gasteiger partial charge in [-0.05, 0) is 31.2 Å². The minimum Gasteiger partial charge on any atom is -0.352 e. The summed E-state index contributed by atoms with van der Waals surface area (Å²) in [6.07, 6.45) is 0.843. The zero-order chi connectivity index (χ0) is 14.4. The van der Waals surface area contributed by atoms with Crippen LogP contribution in [0.3, 0.4) is 0 Å². The summed E-state index contributed by atoms with van der Waals surface area (Å²) in [7, 11) is 0. The number of hydrogen-bond donors (Lipinski definition) is 2. The topological polar surface area (TPSA) is 44.4 Å². The van der Waals surface area contributed by atoms with Crippen molar-refractivity contribution in [3.8, 4) is 0 Å². The van der Waals surface area contributed by atoms with Crippen LogP contribution in [0.5, 0.6) is 0 Å². The predicted octanol–water partition coefficient (Wildman–Crippen LogP) is 1.41. The van der Waals surface area contributed by atoms with Gasteiger partial charge in [-0.2, -0.15) is 0 Å². The van der Waals surface area contributed by atoms with Gasteiger partial charge in [-0.3, -0.25) is 4.79 Å². The van der Waals surface area contributed by atoms with E-state index in [0.717, 1.165) is 51.3 Å². The van der Waals surface area contributed by atoms with Crippen LogP contribution in [0.1, 0.15) is 16.8 Å². The highest BCUT2D eigenvalue weighted by Gasteiger charge is 2.11. The first-order valence-corrected chi connectivity index (χ1v) is 6.83. The molecule has 0 aromatic heterocycles. The van der Waals surface area contributed by atoms with Gasteiger partial charge >= 0.3 is 0 Å². The molecule has 2 rings (SSSR count). The molecule has 1 aliphatic rings. The Balaban J connectivity index is 0.00000220. The Morgan fingerprint density at radius 1 is 1.24 bits per heavy atom. The smallest absolute Gasteiger partial charge is 0.251 e. The van der Waals surface area contributed by atoms with Crippen LogP contribution in [0.15, 0.2) is 18.2 Å². The highest BCUT2D eigenvalue weighted by atomic mass is 35.5. The van der Waals surface area contributed by atoms with Gasteiger partial charge in [-0.15, -0.1) is 12.4 Å². The maximum Gasteiger partial charge on any atom is 0.251 e. The first-order valence-electron chi connectivity index (χ1n) is 6.83. The quantitative estimate of drug-likeness (QED) is 0.807. The number of amides is 1. The van der Waals surface area contributed by atoms with E-state index < -0.39 is 11.6 Å². The molecular formula is C14H20ClF2N3O. The molecule has 4 nitrogen and oxygen atoms in total. The summed E-state index contributed by atoms with van der Waals surface area (Å²) in [5.74, 6) is -2.32. The number of rotatable bonds is 5. The summed E-state index contributed by atoms with van der Waals surface area (Å²) in [6.45, 7) is 5.51. The number of carbonyl (C=O) groups excluding carboxylic acids is 1. The lowest BCUT2D eigenvalue weighted by Gasteiger charge is -2.27. The number of nitrogens with one attached hydrogen (secondary N) is 2. The Bertz CT molecular complexity index is 468. The Labute approximate surface area is 129 Å². The molecule has 0 aliphatic carbocycles. The number of halogens is 3. The second-order valence-corrected chi connectivity index (χ2v) is 4.83. The fourth-order valence-corrected chi connectivity index (χ4v) is 2.18. The molecule has 1 amide bonds. The normalized spacial score (nSPS) is 15.3. The van der Waals surface area contributed by atoms with Gasteiger partial charge in [0.05, 0.1) is 0 Å². The average molecular weight is 320 g/mol. The van der Waals surface area contributed by atoms with Crippen LogP contribution in [0, 0.1) is 11.6 Å². The van der Waals surface area contributed by atoms with Gasteiger partial charge in [0.1, 0.15) is 0 Å². The Morgan fingerprint density at radius 3 is 2.62 bits per heavy atom. The number of benzene rings is 1. The third-order valence-corrected chi connectivity index (χ3v) is 3.33. The van der Waals surface area contributed by atoms with Gasteiger partial charge in [0.2, 0.25) is 0 Å². The van der Waals surface area contributed by atoms with E-state index in [9.17, 15) is 13.6 Å². The summed E-state index contributed by atoms with van der Waals surface area (Å²) in [4.78, 5) is 14.1. The highest BCUT2D eigenvalue weighted by molar-refractivity contribution is 5.94. The van der Waals surface area contributed by atoms with Crippen molar-refractivity contribution in [3.63, 3.8) is 0 Å². The first-order chi connectivity index (χ1) is 9.66. The number of nitrogens with zero attached hydrogens (tertiary/aromatic N) is 1. The van der Waals surface area contributed by atoms with E-state index in [1.165, 1.54) is 6.07 Å². The minimum absolute atomic E-state index is 0. The first kappa shape index (κ1) is 17.8. The van der Waals surface area contributed by atoms with Gasteiger partial charge in [0, 0.05) is 38.3 Å². The molecule has 118 valence electrons. The second-order valence-electron chi connectivity index (χ2n) is 4.83. The zero-order valence-corrected chi connectivity index (χ0v) is 12.5. The maximum absolute atomic E-state index is 13.0. The van der Waals surface area contributed by atoms with E-state index >= 15 is 0 Å². The van der Waals surface area contributed by atoms with E-state index in [1.807, 2.05) is 0 Å². The number of hydrogen-bond acceptors (Lipinski definition) is 3. The van der Waals surface area contributed by atoms with Crippen LogP contribution in [0.25, 0.3) is 0 Å². The molecule has 1 aliphatic heterocycles. The Morgan fingerprint density at radius 2 is 1.95 bits per heavy atom. The molecule has 0 bridgehead atoms. The molecule has 0 radical (unpaired) electrons. The fourth-order valence-electron chi connectivity index (χ4n) is 2.18. The molecule has 1 aromatic carbocycles. The van der Waals surface area contributed by atoms with Crippen molar-refractivity contribution in [2.45, 2.75) is 6.42 Å². The SMILES string of the molecule is Cl.O=C(NCCCN1CCNCC1)c1ccc(F)c(F)c1. The van der Waals surface area contributed by atoms with Crippen molar-refractivity contribution in [1.82, 2.24) is 15.5 Å². The molecule has 7 heteroatoms. The third kappa shape index (κ3) is 5.57. The molecule has 1 fully saturated rings. The van der Waals surface area contributed by atoms with Gasteiger partial charge in [-0.25, -0.2) is 8.78 Å². The van der Waals surface area contributed by atoms with E-state index in [4.69, 9.17) is 0 Å². The molecule has 2 N–H and O–H groups in total. The van der Waals surface area contributed by atoms with Crippen molar-refractivity contribution in [2.24, 2.45) is 0 Å². The van der Waals surface area contributed by atoms with Crippen molar-refractivity contribution in [3.05, 3.63) is 35.4 Å². The van der Waals surface area contributed by atoms with Crippen LogP contribution < -0.4 is 10.6 Å². The molecule has 0 atom stereocenters. The Hall–Kier alpha value is -1.24. The minimum atomic E-state index is -1.00. The van der Waals surface area contributed by atoms with Gasteiger partial charge in [-0.1, -0.05) is 0 Å². The van der Waals surface area contributed by atoms with Crippen LogP contribution in [-0.2, 0) is 0 Å². The molecule has 1 aromatic rings. The van der Waals surface area contributed by atoms with Gasteiger partial charge in [0.15, 0.2) is 11.6 Å². The molecule has 21 heavy (non-hydrogen) atoms. The lowest BCUT2D eigenvalue weighted by atomic mass is 10.2. The number of carbonyl (C=O) groups is 1. The molecule has 0 saturated carbocycles. The van der Waals surface area contributed by atoms with Gasteiger partial charge in [0.25, 0.3) is 5.91 Å². The summed E-state index contributed by atoms with van der Waals surface area (Å²) in [6, 6.07) is 3.16. The van der Waals surface area contributed by atoms with E-state index in [0.29, 0.717) is 6.54 Å². The summed E-state index contributed by atoms with van der Waals surface area (Å²) in [5.41, 5.74) is 0.145. The van der Waals surface area contributed by atoms with E-state index in [-0.39, 0.29) is 23.9 Å². The third-order valence-electron chi connectivity index (χ3n) is 3.33. The molecular weight excluding hydrogens is 300 g/mol. The molecule has 1 saturated heterocycles. The average Bonchev–Trinajstić information content (AvgIpc) is 2.47. The van der Waals surface area contributed by atoms with E-state index in [1.54, 1.807) is 0 Å². The lowest BCUT2D eigenvalue weighted by molar-refractivity contribution is 0.0950. The van der Waals surface area contributed by atoms with E-state index in [2.05, 4.69) is 15.5 Å². The van der Waals surface area contributed by atoms with Crippen LogP contribution >= 0.6 is 12.4 Å². The van der Waals surface area contributed by atoms with Crippen LogP contribution in [0.2, 0.25) is 0 Å². The maximum atomic E-state index is 13.0. The zero-order valence-electron chi connectivity index (χ0n) is 11.7. The largest absolute Gasteiger partial charge is 0.352 e. The predicted molar refractivity (Wildman–Crippen MR) is 79.9 cm³/mol. The second kappa shape index (κ2) is 8.92. The van der Waals surface area contributed by atoms with Crippen molar-refractivity contribution in [1.29, 1.82) is 0 Å². The van der Waals surface area contributed by atoms with Crippen LogP contribution in [-0.4, -0.2) is 50.1 Å². The van der Waals surface area contributed by atoms with Crippen molar-refractivity contribution < 1.29 is 13.6 Å². The van der Waals surface area contributed by atoms with Crippen molar-refractivity contribution >= 4 is 18.3 Å². The van der Waals surface area contributed by atoms with Crippen molar-refractivity contribution in [2.75, 3.05) is 39.3 Å². The number of piperazine rings is 1. The molecule has 0 spiro atoms. The Kier molecular flexibility index (Phi) is 7.56. The summed E-state index contributed by atoms with van der Waals surface area (Å²) < 4.78 is 25.8. The van der Waals surface area contributed by atoms with Gasteiger partial charge < -0.3 is 15.5 Å². The summed E-state index contributed by atoms with van der Waals surface area (Å²) in [5, 5.41) is 5.99. The summed E-state index contributed by atoms with van der Waals surface area (Å²) >= 11 is 0. The lowest BCUT2D eigenvalue weighted by Crippen LogP contribution is -2.44. The monoisotopic (exact) mass is 319 g/mol.